The van der Waals surface area contributed by atoms with Gasteiger partial charge in [-0.3, -0.25) is 0 Å². The fourth-order valence-electron chi connectivity index (χ4n) is 2.17. The summed E-state index contributed by atoms with van der Waals surface area (Å²) in [6.07, 6.45) is 0. The summed E-state index contributed by atoms with van der Waals surface area (Å²) in [6.45, 7) is 0.554. The van der Waals surface area contributed by atoms with E-state index in [1.54, 1.807) is 5.01 Å². The normalized spacial score (nSPS) is 16.5. The average molecular weight is 310 g/mol. The Labute approximate surface area is 132 Å². The fourth-order valence-corrected chi connectivity index (χ4v) is 3.01. The Morgan fingerprint density at radius 2 is 1.73 bits per heavy atom. The summed E-state index contributed by atoms with van der Waals surface area (Å²) in [5.74, 6) is 0.670. The van der Waals surface area contributed by atoms with Gasteiger partial charge in [0.25, 0.3) is 0 Å². The number of hydrogen-bond acceptors (Lipinski definition) is 4. The quantitative estimate of drug-likeness (QED) is 0.639. The first kappa shape index (κ1) is 14.5. The van der Waals surface area contributed by atoms with Crippen molar-refractivity contribution in [2.75, 3.05) is 5.75 Å². The predicted octanol–water partition coefficient (Wildman–Crippen LogP) is 3.68. The molecule has 2 aromatic carbocycles. The van der Waals surface area contributed by atoms with Gasteiger partial charge in [0, 0.05) is 5.75 Å². The lowest BCUT2D eigenvalue weighted by atomic mass is 10.1. The number of nitrogens with zero attached hydrogens (tertiary/aromatic N) is 4. The largest absolute Gasteiger partial charge is 0.236 e. The van der Waals surface area contributed by atoms with Gasteiger partial charge in [-0.05, 0) is 11.1 Å². The summed E-state index contributed by atoms with van der Waals surface area (Å²) < 4.78 is 0. The molecule has 0 saturated carbocycles. The minimum atomic E-state index is 0.526. The summed E-state index contributed by atoms with van der Waals surface area (Å²) in [4.78, 5) is 10.5. The molecule has 0 atom stereocenters. The first-order valence-corrected chi connectivity index (χ1v) is 7.83. The van der Waals surface area contributed by atoms with E-state index in [9.17, 15) is 4.91 Å². The molecule has 2 aromatic rings. The summed E-state index contributed by atoms with van der Waals surface area (Å²) in [5, 5.41) is 13.2. The zero-order valence-electron chi connectivity index (χ0n) is 11.8. The Bertz CT molecular complexity index is 701. The molecule has 6 heteroatoms. The van der Waals surface area contributed by atoms with Gasteiger partial charge in [0.2, 0.25) is 5.17 Å². The zero-order valence-corrected chi connectivity index (χ0v) is 12.6. The second-order valence-corrected chi connectivity index (χ2v) is 5.65. The van der Waals surface area contributed by atoms with Gasteiger partial charge >= 0.3 is 0 Å². The topological polar surface area (TPSA) is 57.4 Å². The SMILES string of the molecule is O=N/N=C1/SCC(c2ccccc2)=NN1Cc1ccccc1. The Kier molecular flexibility index (Phi) is 4.60. The third kappa shape index (κ3) is 3.40. The van der Waals surface area contributed by atoms with E-state index >= 15 is 0 Å². The van der Waals surface area contributed by atoms with Gasteiger partial charge in [0.05, 0.1) is 17.5 Å². The van der Waals surface area contributed by atoms with Crippen LogP contribution in [0.15, 0.2) is 76.2 Å². The average Bonchev–Trinajstić information content (AvgIpc) is 2.58. The second-order valence-electron chi connectivity index (χ2n) is 4.71. The highest BCUT2D eigenvalue weighted by Gasteiger charge is 2.21. The maximum Gasteiger partial charge on any atom is 0.210 e. The van der Waals surface area contributed by atoms with Crippen LogP contribution < -0.4 is 0 Å². The van der Waals surface area contributed by atoms with Crippen LogP contribution in [0.25, 0.3) is 0 Å². The second kappa shape index (κ2) is 7.00. The molecule has 0 bridgehead atoms. The summed E-state index contributed by atoms with van der Waals surface area (Å²) in [7, 11) is 0. The minimum absolute atomic E-state index is 0.526. The van der Waals surface area contributed by atoms with E-state index in [1.807, 2.05) is 60.7 Å². The van der Waals surface area contributed by atoms with Gasteiger partial charge in [0.1, 0.15) is 0 Å². The summed E-state index contributed by atoms with van der Waals surface area (Å²) >= 11 is 1.47. The standard InChI is InChI=1S/C16H14N4OS/c21-19-17-16-20(11-13-7-3-1-4-8-13)18-15(12-22-16)14-9-5-2-6-10-14/h1-10H,11-12H2/b17-16+. The van der Waals surface area contributed by atoms with E-state index in [4.69, 9.17) is 0 Å². The minimum Gasteiger partial charge on any atom is -0.236 e. The molecule has 0 fully saturated rings. The van der Waals surface area contributed by atoms with Crippen molar-refractivity contribution < 1.29 is 0 Å². The Morgan fingerprint density at radius 3 is 2.41 bits per heavy atom. The van der Waals surface area contributed by atoms with Crippen molar-refractivity contribution in [3.63, 3.8) is 0 Å². The molecule has 0 unspecified atom stereocenters. The molecule has 110 valence electrons. The van der Waals surface area contributed by atoms with Crippen LogP contribution in [-0.2, 0) is 6.54 Å². The van der Waals surface area contributed by atoms with Crippen LogP contribution in [0.5, 0.6) is 0 Å². The smallest absolute Gasteiger partial charge is 0.210 e. The number of hydrogen-bond donors (Lipinski definition) is 0. The first-order valence-electron chi connectivity index (χ1n) is 6.84. The molecule has 0 radical (unpaired) electrons. The first-order chi connectivity index (χ1) is 10.9. The van der Waals surface area contributed by atoms with Crippen molar-refractivity contribution in [3.8, 4) is 0 Å². The van der Waals surface area contributed by atoms with Crippen LogP contribution in [0.2, 0.25) is 0 Å². The lowest BCUT2D eigenvalue weighted by Gasteiger charge is -2.25. The van der Waals surface area contributed by atoms with Crippen LogP contribution in [-0.4, -0.2) is 21.6 Å². The number of thioether (sulfide) groups is 1. The van der Waals surface area contributed by atoms with E-state index in [-0.39, 0.29) is 0 Å². The van der Waals surface area contributed by atoms with Crippen LogP contribution in [0.1, 0.15) is 11.1 Å². The molecule has 1 heterocycles. The van der Waals surface area contributed by atoms with Crippen LogP contribution in [0, 0.1) is 4.91 Å². The van der Waals surface area contributed by atoms with Gasteiger partial charge in [-0.25, -0.2) is 5.01 Å². The Morgan fingerprint density at radius 1 is 1.05 bits per heavy atom. The number of benzene rings is 2. The molecule has 0 aromatic heterocycles. The van der Waals surface area contributed by atoms with E-state index in [0.29, 0.717) is 17.5 Å². The molecule has 0 spiro atoms. The monoisotopic (exact) mass is 310 g/mol. The van der Waals surface area contributed by atoms with E-state index in [1.165, 1.54) is 11.8 Å². The van der Waals surface area contributed by atoms with Gasteiger partial charge in [-0.2, -0.15) is 5.10 Å². The van der Waals surface area contributed by atoms with Crippen molar-refractivity contribution in [3.05, 3.63) is 76.7 Å². The van der Waals surface area contributed by atoms with E-state index < -0.39 is 0 Å². The maximum atomic E-state index is 10.5. The lowest BCUT2D eigenvalue weighted by Crippen LogP contribution is -2.30. The zero-order chi connectivity index (χ0) is 15.2. The number of nitroso groups, excluding NO2 is 1. The maximum absolute atomic E-state index is 10.5. The molecular formula is C16H14N4OS. The number of amidine groups is 1. The fraction of sp³-hybridized carbons (Fsp3) is 0.125. The summed E-state index contributed by atoms with van der Waals surface area (Å²) in [5.41, 5.74) is 3.14. The highest BCUT2D eigenvalue weighted by atomic mass is 32.2. The molecule has 5 nitrogen and oxygen atoms in total. The Balaban J connectivity index is 1.90. The van der Waals surface area contributed by atoms with Crippen molar-refractivity contribution in [2.24, 2.45) is 15.5 Å². The number of rotatable bonds is 4. The lowest BCUT2D eigenvalue weighted by molar-refractivity contribution is 0.445. The number of hydrazone groups is 1. The van der Waals surface area contributed by atoms with Gasteiger partial charge in [-0.15, -0.1) is 4.91 Å². The third-order valence-electron chi connectivity index (χ3n) is 3.21. The third-order valence-corrected chi connectivity index (χ3v) is 4.18. The van der Waals surface area contributed by atoms with Crippen LogP contribution in [0.4, 0.5) is 0 Å². The molecule has 0 saturated heterocycles. The molecule has 22 heavy (non-hydrogen) atoms. The molecule has 1 aliphatic heterocycles. The van der Waals surface area contributed by atoms with Crippen LogP contribution >= 0.6 is 11.8 Å². The van der Waals surface area contributed by atoms with Crippen LogP contribution in [0.3, 0.4) is 0 Å². The van der Waals surface area contributed by atoms with Crippen molar-refractivity contribution in [1.82, 2.24) is 5.01 Å². The van der Waals surface area contributed by atoms with Crippen molar-refractivity contribution in [1.29, 1.82) is 0 Å². The van der Waals surface area contributed by atoms with E-state index in [0.717, 1.165) is 16.8 Å². The highest BCUT2D eigenvalue weighted by Crippen LogP contribution is 2.22. The van der Waals surface area contributed by atoms with Gasteiger partial charge in [-0.1, -0.05) is 77.5 Å². The van der Waals surface area contributed by atoms with Crippen molar-refractivity contribution in [2.45, 2.75) is 6.54 Å². The molecule has 1 aliphatic rings. The molecular weight excluding hydrogens is 296 g/mol. The molecule has 3 rings (SSSR count). The summed E-state index contributed by atoms with van der Waals surface area (Å²) in [6, 6.07) is 20.0. The highest BCUT2D eigenvalue weighted by molar-refractivity contribution is 8.14. The van der Waals surface area contributed by atoms with E-state index in [2.05, 4.69) is 15.5 Å². The molecule has 0 amide bonds. The Hall–Kier alpha value is -2.47. The van der Waals surface area contributed by atoms with Gasteiger partial charge in [0.15, 0.2) is 0 Å². The predicted molar refractivity (Wildman–Crippen MR) is 90.7 cm³/mol. The van der Waals surface area contributed by atoms with Gasteiger partial charge < -0.3 is 0 Å². The molecule has 0 N–H and O–H groups in total. The van der Waals surface area contributed by atoms with Crippen molar-refractivity contribution >= 4 is 22.6 Å². The molecule has 0 aliphatic carbocycles.